The van der Waals surface area contributed by atoms with E-state index in [1.165, 1.54) is 12.1 Å². The van der Waals surface area contributed by atoms with Crippen LogP contribution in [0.4, 0.5) is 8.78 Å². The molecular weight excluding hydrogens is 336 g/mol. The van der Waals surface area contributed by atoms with Crippen LogP contribution in [0, 0.1) is 11.6 Å². The molecule has 3 nitrogen and oxygen atoms in total. The highest BCUT2D eigenvalue weighted by Gasteiger charge is 2.12. The molecule has 0 aliphatic rings. The van der Waals surface area contributed by atoms with Gasteiger partial charge in [0.15, 0.2) is 11.5 Å². The van der Waals surface area contributed by atoms with E-state index in [-0.39, 0.29) is 0 Å². The van der Waals surface area contributed by atoms with E-state index in [2.05, 4.69) is 0 Å². The van der Waals surface area contributed by atoms with Crippen LogP contribution in [0.25, 0.3) is 11.1 Å². The van der Waals surface area contributed by atoms with Crippen LogP contribution in [-0.4, -0.2) is 13.2 Å². The van der Waals surface area contributed by atoms with Gasteiger partial charge in [0.25, 0.3) is 0 Å². The van der Waals surface area contributed by atoms with Crippen molar-refractivity contribution >= 4 is 0 Å². The number of rotatable bonds is 7. The van der Waals surface area contributed by atoms with Gasteiger partial charge in [-0.05, 0) is 35.4 Å². The molecule has 0 radical (unpaired) electrons. The molecule has 5 heteroatoms. The Labute approximate surface area is 151 Å². The Bertz CT molecular complexity index is 869. The Morgan fingerprint density at radius 1 is 0.808 bits per heavy atom. The van der Waals surface area contributed by atoms with Gasteiger partial charge in [-0.3, -0.25) is 0 Å². The molecule has 3 aromatic rings. The summed E-state index contributed by atoms with van der Waals surface area (Å²) in [6.45, 7) is 1.05. The first-order valence-electron chi connectivity index (χ1n) is 8.26. The van der Waals surface area contributed by atoms with Gasteiger partial charge in [-0.25, -0.2) is 8.78 Å². The first kappa shape index (κ1) is 17.9. The third kappa shape index (κ3) is 4.37. The number of hydrogen-bond acceptors (Lipinski definition) is 3. The molecule has 0 heterocycles. The second-order valence-electron chi connectivity index (χ2n) is 5.70. The summed E-state index contributed by atoms with van der Waals surface area (Å²) in [6.07, 6.45) is 0. The van der Waals surface area contributed by atoms with E-state index >= 15 is 0 Å². The van der Waals surface area contributed by atoms with Crippen LogP contribution in [-0.2, 0) is 6.61 Å². The third-order valence-corrected chi connectivity index (χ3v) is 3.80. The molecule has 0 aromatic heterocycles. The van der Waals surface area contributed by atoms with E-state index in [0.29, 0.717) is 42.4 Å². The van der Waals surface area contributed by atoms with Crippen molar-refractivity contribution in [3.8, 4) is 22.6 Å². The van der Waals surface area contributed by atoms with Gasteiger partial charge in [-0.15, -0.1) is 0 Å². The van der Waals surface area contributed by atoms with Crippen LogP contribution < -0.4 is 15.2 Å². The van der Waals surface area contributed by atoms with Crippen molar-refractivity contribution in [2.45, 2.75) is 6.61 Å². The summed E-state index contributed by atoms with van der Waals surface area (Å²) in [5.41, 5.74) is 7.36. The molecule has 0 aliphatic carbocycles. The van der Waals surface area contributed by atoms with Crippen molar-refractivity contribution < 1.29 is 18.3 Å². The predicted molar refractivity (Wildman–Crippen MR) is 97.1 cm³/mol. The first-order valence-corrected chi connectivity index (χ1v) is 8.26. The maximum Gasteiger partial charge on any atom is 0.162 e. The molecule has 0 aliphatic heterocycles. The Hall–Kier alpha value is -2.92. The lowest BCUT2D eigenvalue weighted by Gasteiger charge is -2.14. The molecule has 2 N–H and O–H groups in total. The quantitative estimate of drug-likeness (QED) is 0.676. The zero-order valence-corrected chi connectivity index (χ0v) is 14.1. The molecule has 0 amide bonds. The van der Waals surface area contributed by atoms with Crippen LogP contribution in [0.3, 0.4) is 0 Å². The highest BCUT2D eigenvalue weighted by molar-refractivity contribution is 5.67. The minimum absolute atomic E-state index is 0.293. The van der Waals surface area contributed by atoms with Crippen LogP contribution >= 0.6 is 0 Å². The molecule has 0 unspecified atom stereocenters. The maximum absolute atomic E-state index is 14.1. The van der Waals surface area contributed by atoms with Crippen LogP contribution in [0.5, 0.6) is 11.5 Å². The Morgan fingerprint density at radius 2 is 1.62 bits per heavy atom. The van der Waals surface area contributed by atoms with Crippen molar-refractivity contribution in [2.24, 2.45) is 5.73 Å². The van der Waals surface area contributed by atoms with Gasteiger partial charge in [-0.1, -0.05) is 36.4 Å². The summed E-state index contributed by atoms with van der Waals surface area (Å²) in [6, 6.07) is 18.3. The van der Waals surface area contributed by atoms with Gasteiger partial charge >= 0.3 is 0 Å². The number of ether oxygens (including phenoxy) is 2. The molecular formula is C21H19F2NO2. The summed E-state index contributed by atoms with van der Waals surface area (Å²) in [5.74, 6) is -0.245. The molecule has 0 saturated heterocycles. The average Bonchev–Trinajstić information content (AvgIpc) is 2.66. The van der Waals surface area contributed by atoms with Crippen LogP contribution in [0.1, 0.15) is 5.56 Å². The van der Waals surface area contributed by atoms with Crippen molar-refractivity contribution in [1.29, 1.82) is 0 Å². The predicted octanol–water partition coefficient (Wildman–Crippen LogP) is 4.55. The molecule has 0 atom stereocenters. The summed E-state index contributed by atoms with van der Waals surface area (Å²) in [5, 5.41) is 0. The monoisotopic (exact) mass is 355 g/mol. The van der Waals surface area contributed by atoms with Crippen molar-refractivity contribution in [1.82, 2.24) is 0 Å². The second-order valence-corrected chi connectivity index (χ2v) is 5.70. The normalized spacial score (nSPS) is 10.6. The van der Waals surface area contributed by atoms with E-state index in [4.69, 9.17) is 15.2 Å². The Morgan fingerprint density at radius 3 is 2.35 bits per heavy atom. The number of halogens is 2. The topological polar surface area (TPSA) is 44.5 Å². The Balaban J connectivity index is 1.90. The van der Waals surface area contributed by atoms with Crippen molar-refractivity contribution in [2.75, 3.05) is 13.2 Å². The SMILES string of the molecule is NCCOc1ccc(-c2ccc(F)cc2F)cc1OCc1ccccc1. The fraction of sp³-hybridized carbons (Fsp3) is 0.143. The lowest BCUT2D eigenvalue weighted by atomic mass is 10.0. The highest BCUT2D eigenvalue weighted by Crippen LogP contribution is 2.34. The summed E-state index contributed by atoms with van der Waals surface area (Å²) in [4.78, 5) is 0. The van der Waals surface area contributed by atoms with Gasteiger partial charge in [0.1, 0.15) is 24.8 Å². The number of benzene rings is 3. The molecule has 26 heavy (non-hydrogen) atoms. The van der Waals surface area contributed by atoms with Gasteiger partial charge in [0.2, 0.25) is 0 Å². The van der Waals surface area contributed by atoms with Crippen LogP contribution in [0.2, 0.25) is 0 Å². The lowest BCUT2D eigenvalue weighted by Crippen LogP contribution is -2.11. The third-order valence-electron chi connectivity index (χ3n) is 3.80. The van der Waals surface area contributed by atoms with Gasteiger partial charge < -0.3 is 15.2 Å². The molecule has 3 rings (SSSR count). The average molecular weight is 355 g/mol. The molecule has 0 saturated carbocycles. The Kier molecular flexibility index (Phi) is 5.81. The van der Waals surface area contributed by atoms with E-state index in [9.17, 15) is 8.78 Å². The second kappa shape index (κ2) is 8.45. The fourth-order valence-electron chi connectivity index (χ4n) is 2.54. The van der Waals surface area contributed by atoms with Gasteiger partial charge in [0.05, 0.1) is 0 Å². The molecule has 3 aromatic carbocycles. The first-order chi connectivity index (χ1) is 12.7. The zero-order chi connectivity index (χ0) is 18.4. The van der Waals surface area contributed by atoms with E-state index in [1.807, 2.05) is 30.3 Å². The molecule has 0 spiro atoms. The molecule has 0 bridgehead atoms. The number of hydrogen-bond donors (Lipinski definition) is 1. The highest BCUT2D eigenvalue weighted by atomic mass is 19.1. The molecule has 134 valence electrons. The summed E-state index contributed by atoms with van der Waals surface area (Å²) in [7, 11) is 0. The van der Waals surface area contributed by atoms with E-state index < -0.39 is 11.6 Å². The minimum Gasteiger partial charge on any atom is -0.488 e. The van der Waals surface area contributed by atoms with Crippen molar-refractivity contribution in [3.63, 3.8) is 0 Å². The summed E-state index contributed by atoms with van der Waals surface area (Å²) >= 11 is 0. The maximum atomic E-state index is 14.1. The fourth-order valence-corrected chi connectivity index (χ4v) is 2.54. The van der Waals surface area contributed by atoms with E-state index in [0.717, 1.165) is 11.6 Å². The van der Waals surface area contributed by atoms with E-state index in [1.54, 1.807) is 18.2 Å². The largest absolute Gasteiger partial charge is 0.488 e. The molecule has 0 fully saturated rings. The van der Waals surface area contributed by atoms with Crippen LogP contribution in [0.15, 0.2) is 66.7 Å². The minimum atomic E-state index is -0.630. The lowest BCUT2D eigenvalue weighted by molar-refractivity contribution is 0.266. The number of nitrogens with two attached hydrogens (primary N) is 1. The zero-order valence-electron chi connectivity index (χ0n) is 14.1. The van der Waals surface area contributed by atoms with Crippen molar-refractivity contribution in [3.05, 3.63) is 83.9 Å². The standard InChI is InChI=1S/C21H19F2NO2/c22-17-7-8-18(19(23)13-17)16-6-9-20(25-11-10-24)21(12-16)26-14-15-4-2-1-3-5-15/h1-9,12-13H,10-11,14,24H2. The van der Waals surface area contributed by atoms with Gasteiger partial charge in [0, 0.05) is 18.2 Å². The van der Waals surface area contributed by atoms with Gasteiger partial charge in [-0.2, -0.15) is 0 Å². The summed E-state index contributed by atoms with van der Waals surface area (Å²) < 4.78 is 38.7. The smallest absolute Gasteiger partial charge is 0.162 e.